The number of aliphatic hydroxyl groups is 1. The Labute approximate surface area is 98.9 Å². The summed E-state index contributed by atoms with van der Waals surface area (Å²) in [6.45, 7) is 7.33. The highest BCUT2D eigenvalue weighted by atomic mass is 16.3. The molecule has 1 N–H and O–H groups in total. The van der Waals surface area contributed by atoms with E-state index in [1.807, 2.05) is 6.92 Å². The van der Waals surface area contributed by atoms with Gasteiger partial charge < -0.3 is 5.11 Å². The van der Waals surface area contributed by atoms with Crippen LogP contribution in [0.1, 0.15) is 46.5 Å². The lowest BCUT2D eigenvalue weighted by atomic mass is 9.71. The molecule has 4 bridgehead atoms. The summed E-state index contributed by atoms with van der Waals surface area (Å²) in [6, 6.07) is 0. The molecule has 4 fully saturated rings. The van der Waals surface area contributed by atoms with E-state index in [0.29, 0.717) is 10.8 Å². The zero-order valence-corrected chi connectivity index (χ0v) is 10.8. The van der Waals surface area contributed by atoms with Gasteiger partial charge in [0.1, 0.15) is 0 Å². The second kappa shape index (κ2) is 3.13. The van der Waals surface area contributed by atoms with Gasteiger partial charge >= 0.3 is 0 Å². The first-order valence-corrected chi connectivity index (χ1v) is 6.80. The topological polar surface area (TPSA) is 20.2 Å². The SMILES string of the molecule is CC(=CCC[C@@]1(C)C2C[C@@H]3[C@H](C2)C31C)CO. The molecule has 0 aliphatic heterocycles. The number of hydrogen-bond acceptors (Lipinski definition) is 1. The second-order valence-corrected chi connectivity index (χ2v) is 6.83. The van der Waals surface area contributed by atoms with Gasteiger partial charge in [-0.15, -0.1) is 0 Å². The van der Waals surface area contributed by atoms with Crippen molar-refractivity contribution in [2.45, 2.75) is 46.5 Å². The maximum absolute atomic E-state index is 8.99. The summed E-state index contributed by atoms with van der Waals surface area (Å²) in [5.74, 6) is 3.16. The molecule has 4 aliphatic carbocycles. The Balaban J connectivity index is 1.68. The molecule has 4 aliphatic rings. The van der Waals surface area contributed by atoms with Gasteiger partial charge in [0.2, 0.25) is 0 Å². The fourth-order valence-electron chi connectivity index (χ4n) is 5.19. The molecule has 1 nitrogen and oxygen atoms in total. The van der Waals surface area contributed by atoms with Crippen LogP contribution < -0.4 is 0 Å². The van der Waals surface area contributed by atoms with Crippen LogP contribution in [0.5, 0.6) is 0 Å². The van der Waals surface area contributed by atoms with Crippen molar-refractivity contribution in [3.05, 3.63) is 11.6 Å². The Morgan fingerprint density at radius 1 is 1.31 bits per heavy atom. The first kappa shape index (κ1) is 10.8. The van der Waals surface area contributed by atoms with E-state index in [0.717, 1.165) is 29.7 Å². The van der Waals surface area contributed by atoms with Gasteiger partial charge in [-0.1, -0.05) is 25.5 Å². The smallest absolute Gasteiger partial charge is 0.0639 e. The molecule has 4 rings (SSSR count). The molecule has 2 unspecified atom stereocenters. The van der Waals surface area contributed by atoms with Gasteiger partial charge in [0, 0.05) is 0 Å². The summed E-state index contributed by atoms with van der Waals surface area (Å²) in [4.78, 5) is 0. The van der Waals surface area contributed by atoms with Gasteiger partial charge in [-0.3, -0.25) is 0 Å². The van der Waals surface area contributed by atoms with Gasteiger partial charge in [0.05, 0.1) is 6.61 Å². The Morgan fingerprint density at radius 3 is 2.38 bits per heavy atom. The Bertz CT molecular complexity index is 331. The Hall–Kier alpha value is -0.300. The van der Waals surface area contributed by atoms with Gasteiger partial charge in [0.15, 0.2) is 0 Å². The lowest BCUT2D eigenvalue weighted by Crippen LogP contribution is -2.26. The molecule has 0 spiro atoms. The predicted octanol–water partition coefficient (Wildman–Crippen LogP) is 3.39. The van der Waals surface area contributed by atoms with Gasteiger partial charge in [-0.2, -0.15) is 0 Å². The van der Waals surface area contributed by atoms with E-state index in [4.69, 9.17) is 5.11 Å². The zero-order chi connectivity index (χ0) is 11.6. The maximum Gasteiger partial charge on any atom is 0.0639 e. The van der Waals surface area contributed by atoms with Crippen LogP contribution in [0.4, 0.5) is 0 Å². The number of hydrogen-bond donors (Lipinski definition) is 1. The van der Waals surface area contributed by atoms with Crippen LogP contribution in [-0.2, 0) is 0 Å². The molecule has 1 heteroatoms. The number of allylic oxidation sites excluding steroid dienone is 1. The van der Waals surface area contributed by atoms with Crippen molar-refractivity contribution in [1.29, 1.82) is 0 Å². The highest BCUT2D eigenvalue weighted by molar-refractivity contribution is 5.29. The van der Waals surface area contributed by atoms with Crippen LogP contribution >= 0.6 is 0 Å². The van der Waals surface area contributed by atoms with Crippen molar-refractivity contribution in [2.75, 3.05) is 6.61 Å². The molecule has 90 valence electrons. The first-order valence-electron chi connectivity index (χ1n) is 6.80. The monoisotopic (exact) mass is 220 g/mol. The van der Waals surface area contributed by atoms with Crippen LogP contribution in [0.25, 0.3) is 0 Å². The molecule has 4 saturated carbocycles. The fraction of sp³-hybridized carbons (Fsp3) is 0.867. The predicted molar refractivity (Wildman–Crippen MR) is 66.0 cm³/mol. The summed E-state index contributed by atoms with van der Waals surface area (Å²) in [5.41, 5.74) is 2.43. The molecular weight excluding hydrogens is 196 g/mol. The first-order chi connectivity index (χ1) is 7.54. The second-order valence-electron chi connectivity index (χ2n) is 6.83. The van der Waals surface area contributed by atoms with E-state index < -0.39 is 0 Å². The minimum absolute atomic E-state index is 0.225. The van der Waals surface area contributed by atoms with Crippen LogP contribution in [0.15, 0.2) is 11.6 Å². The average molecular weight is 220 g/mol. The average Bonchev–Trinajstić information content (AvgIpc) is 2.62. The molecule has 0 amide bonds. The van der Waals surface area contributed by atoms with Crippen LogP contribution in [0.2, 0.25) is 0 Å². The third kappa shape index (κ3) is 1.06. The summed E-state index contributed by atoms with van der Waals surface area (Å²) < 4.78 is 0. The summed E-state index contributed by atoms with van der Waals surface area (Å²) in [7, 11) is 0. The summed E-state index contributed by atoms with van der Waals surface area (Å²) in [6.07, 6.45) is 7.76. The van der Waals surface area contributed by atoms with Crippen molar-refractivity contribution < 1.29 is 5.11 Å². The molecule has 0 aromatic rings. The molecule has 0 saturated heterocycles. The fourth-order valence-corrected chi connectivity index (χ4v) is 5.19. The molecule has 0 aromatic heterocycles. The van der Waals surface area contributed by atoms with Gasteiger partial charge in [-0.25, -0.2) is 0 Å². The highest BCUT2D eigenvalue weighted by Gasteiger charge is 2.80. The minimum atomic E-state index is 0.225. The van der Waals surface area contributed by atoms with E-state index in [-0.39, 0.29) is 6.61 Å². The zero-order valence-electron chi connectivity index (χ0n) is 10.8. The molecule has 0 aromatic carbocycles. The van der Waals surface area contributed by atoms with Crippen molar-refractivity contribution >= 4 is 0 Å². The van der Waals surface area contributed by atoms with Crippen LogP contribution in [0, 0.1) is 28.6 Å². The molecule has 16 heavy (non-hydrogen) atoms. The van der Waals surface area contributed by atoms with Crippen molar-refractivity contribution in [1.82, 2.24) is 0 Å². The van der Waals surface area contributed by atoms with Gasteiger partial charge in [-0.05, 0) is 61.2 Å². The highest BCUT2D eigenvalue weighted by Crippen LogP contribution is 2.87. The summed E-state index contributed by atoms with van der Waals surface area (Å²) in [5, 5.41) is 8.99. The van der Waals surface area contributed by atoms with E-state index >= 15 is 0 Å². The normalized spacial score (nSPS) is 53.5. The van der Waals surface area contributed by atoms with E-state index in [1.165, 1.54) is 19.3 Å². The maximum atomic E-state index is 8.99. The minimum Gasteiger partial charge on any atom is -0.392 e. The third-order valence-corrected chi connectivity index (χ3v) is 6.53. The van der Waals surface area contributed by atoms with E-state index in [1.54, 1.807) is 0 Å². The lowest BCUT2D eigenvalue weighted by molar-refractivity contribution is 0.154. The van der Waals surface area contributed by atoms with Crippen molar-refractivity contribution in [2.24, 2.45) is 28.6 Å². The van der Waals surface area contributed by atoms with E-state index in [2.05, 4.69) is 19.9 Å². The van der Waals surface area contributed by atoms with Gasteiger partial charge in [0.25, 0.3) is 0 Å². The standard InChI is InChI=1S/C15H24O/c1-10(9-16)5-4-6-14(2)11-7-12-13(8-11)15(12,14)3/h5,11-13,16H,4,6-9H2,1-3H3/t11?,12-,13+,14-,15?/m0/s1. The largest absolute Gasteiger partial charge is 0.392 e. The van der Waals surface area contributed by atoms with Crippen molar-refractivity contribution in [3.63, 3.8) is 0 Å². The number of rotatable bonds is 4. The molecule has 5 atom stereocenters. The molecule has 0 heterocycles. The van der Waals surface area contributed by atoms with Crippen LogP contribution in [-0.4, -0.2) is 11.7 Å². The van der Waals surface area contributed by atoms with Crippen LogP contribution in [0.3, 0.4) is 0 Å². The molecule has 0 radical (unpaired) electrons. The van der Waals surface area contributed by atoms with Crippen molar-refractivity contribution in [3.8, 4) is 0 Å². The Kier molecular flexibility index (Phi) is 2.12. The molecular formula is C15H24O. The third-order valence-electron chi connectivity index (χ3n) is 6.53. The Morgan fingerprint density at radius 2 is 1.94 bits per heavy atom. The lowest BCUT2D eigenvalue weighted by Gasteiger charge is -2.34. The van der Waals surface area contributed by atoms with E-state index in [9.17, 15) is 0 Å². The quantitative estimate of drug-likeness (QED) is 0.720. The number of aliphatic hydroxyl groups excluding tert-OH is 1. The summed E-state index contributed by atoms with van der Waals surface area (Å²) >= 11 is 0.